The topological polar surface area (TPSA) is 169 Å². The lowest BCUT2D eigenvalue weighted by molar-refractivity contribution is -0.147. The van der Waals surface area contributed by atoms with Gasteiger partial charge in [0.05, 0.1) is 13.2 Å². The van der Waals surface area contributed by atoms with Crippen LogP contribution >= 0.6 is 7.82 Å². The molecular weight excluding hydrogens is 649 g/mol. The number of carboxylic acid groups (broad SMARTS) is 1. The summed E-state index contributed by atoms with van der Waals surface area (Å²) in [6.07, 6.45) is 29.8. The van der Waals surface area contributed by atoms with Crippen molar-refractivity contribution in [2.75, 3.05) is 19.8 Å². The van der Waals surface area contributed by atoms with Crippen molar-refractivity contribution in [1.29, 1.82) is 0 Å². The third kappa shape index (κ3) is 33.4. The molecule has 0 aromatic rings. The molecule has 49 heavy (non-hydrogen) atoms. The summed E-state index contributed by atoms with van der Waals surface area (Å²) in [7, 11) is -4.72. The fourth-order valence-electron chi connectivity index (χ4n) is 5.55. The zero-order chi connectivity index (χ0) is 36.4. The Bertz CT molecular complexity index is 859. The maximum atomic E-state index is 12.1. The number of aliphatic carboxylic acids is 1. The number of nitrogens with one attached hydrogen (secondary N) is 1. The largest absolute Gasteiger partial charge is 0.480 e. The van der Waals surface area contributed by atoms with Crippen molar-refractivity contribution in [3.05, 3.63) is 0 Å². The third-order valence-electron chi connectivity index (χ3n) is 8.65. The molecule has 0 radical (unpaired) electrons. The van der Waals surface area contributed by atoms with Gasteiger partial charge >= 0.3 is 19.8 Å². The zero-order valence-corrected chi connectivity index (χ0v) is 31.9. The number of unbranched alkanes of at least 4 members (excludes halogenated alkanes) is 23. The summed E-state index contributed by atoms with van der Waals surface area (Å²) in [6, 6.07) is -1.53. The lowest BCUT2D eigenvalue weighted by Gasteiger charge is -2.18. The number of carboxylic acids is 1. The standard InChI is InChI=1S/C37H72NO10P/c1-3-5-7-8-9-10-11-12-13-14-15-16-17-18-19-20-21-22-23-24-25-27-29-36(41)46-30-33(39)31-47-49(44,45)48-32-34(37(42)43)38-35(40)28-26-6-4-2/h33-34,39H,3-32H2,1-2H3,(H,38,40)(H,42,43)(H,44,45). The molecule has 0 fully saturated rings. The SMILES string of the molecule is CCCCCCCCCCCCCCCCCCCCCCCCC(=O)OCC(O)COP(=O)(O)OCC(NC(=O)CCCCC)C(=O)O. The van der Waals surface area contributed by atoms with Crippen LogP contribution in [0.25, 0.3) is 0 Å². The van der Waals surface area contributed by atoms with Crippen molar-refractivity contribution in [2.45, 2.75) is 199 Å². The first-order chi connectivity index (χ1) is 23.6. The third-order valence-corrected chi connectivity index (χ3v) is 9.60. The van der Waals surface area contributed by atoms with Crippen LogP contribution in [0.1, 0.15) is 187 Å². The Balaban J connectivity index is 3.66. The molecule has 4 N–H and O–H groups in total. The molecular formula is C37H72NO10P. The Labute approximate surface area is 297 Å². The van der Waals surface area contributed by atoms with E-state index < -0.39 is 57.6 Å². The van der Waals surface area contributed by atoms with Gasteiger partial charge in [-0.3, -0.25) is 18.6 Å². The first kappa shape index (κ1) is 47.5. The molecule has 1 amide bonds. The van der Waals surface area contributed by atoms with Gasteiger partial charge in [0.25, 0.3) is 0 Å². The van der Waals surface area contributed by atoms with Crippen LogP contribution in [0.15, 0.2) is 0 Å². The van der Waals surface area contributed by atoms with Gasteiger partial charge in [-0.25, -0.2) is 9.36 Å². The first-order valence-corrected chi connectivity index (χ1v) is 21.1. The minimum Gasteiger partial charge on any atom is -0.480 e. The summed E-state index contributed by atoms with van der Waals surface area (Å²) in [5.41, 5.74) is 0. The number of rotatable bonds is 37. The van der Waals surface area contributed by atoms with Crippen LogP contribution in [0, 0.1) is 0 Å². The summed E-state index contributed by atoms with van der Waals surface area (Å²) in [5.74, 6) is -2.40. The lowest BCUT2D eigenvalue weighted by atomic mass is 10.0. The Morgan fingerprint density at radius 2 is 0.939 bits per heavy atom. The van der Waals surface area contributed by atoms with Crippen LogP contribution in [0.2, 0.25) is 0 Å². The molecule has 0 aliphatic rings. The second-order valence-electron chi connectivity index (χ2n) is 13.5. The van der Waals surface area contributed by atoms with Crippen LogP contribution < -0.4 is 5.32 Å². The molecule has 0 saturated heterocycles. The Morgan fingerprint density at radius 1 is 0.571 bits per heavy atom. The van der Waals surface area contributed by atoms with Gasteiger partial charge in [0, 0.05) is 12.8 Å². The van der Waals surface area contributed by atoms with Gasteiger partial charge in [-0.1, -0.05) is 162 Å². The van der Waals surface area contributed by atoms with Gasteiger partial charge in [-0.15, -0.1) is 0 Å². The summed E-state index contributed by atoms with van der Waals surface area (Å²) in [5, 5.41) is 21.4. The number of esters is 1. The van der Waals surface area contributed by atoms with Crippen LogP contribution in [0.5, 0.6) is 0 Å². The lowest BCUT2D eigenvalue weighted by Crippen LogP contribution is -2.43. The summed E-state index contributed by atoms with van der Waals surface area (Å²) < 4.78 is 26.5. The highest BCUT2D eigenvalue weighted by molar-refractivity contribution is 7.47. The maximum absolute atomic E-state index is 12.1. The smallest absolute Gasteiger partial charge is 0.472 e. The van der Waals surface area contributed by atoms with E-state index >= 15 is 0 Å². The fraction of sp³-hybridized carbons (Fsp3) is 0.919. The molecule has 0 bridgehead atoms. The summed E-state index contributed by atoms with van der Waals surface area (Å²) >= 11 is 0. The van der Waals surface area contributed by atoms with Gasteiger partial charge in [0.15, 0.2) is 6.04 Å². The Kier molecular flexibility index (Phi) is 32.6. The molecule has 0 saturated carbocycles. The number of hydrogen-bond donors (Lipinski definition) is 4. The Hall–Kier alpha value is -1.52. The van der Waals surface area contributed by atoms with Crippen molar-refractivity contribution in [3.8, 4) is 0 Å². The molecule has 0 heterocycles. The monoisotopic (exact) mass is 721 g/mol. The number of amides is 1. The van der Waals surface area contributed by atoms with Gasteiger partial charge in [-0.05, 0) is 12.8 Å². The van der Waals surface area contributed by atoms with Crippen LogP contribution in [-0.2, 0) is 32.7 Å². The van der Waals surface area contributed by atoms with E-state index in [0.29, 0.717) is 12.8 Å². The van der Waals surface area contributed by atoms with Gasteiger partial charge in [0.2, 0.25) is 5.91 Å². The van der Waals surface area contributed by atoms with Crippen LogP contribution in [-0.4, -0.2) is 64.9 Å². The van der Waals surface area contributed by atoms with E-state index in [2.05, 4.69) is 16.8 Å². The van der Waals surface area contributed by atoms with Crippen LogP contribution in [0.3, 0.4) is 0 Å². The molecule has 3 atom stereocenters. The van der Waals surface area contributed by atoms with Gasteiger partial charge in [0.1, 0.15) is 12.7 Å². The van der Waals surface area contributed by atoms with Crippen molar-refractivity contribution in [2.24, 2.45) is 0 Å². The van der Waals surface area contributed by atoms with E-state index in [-0.39, 0.29) is 12.8 Å². The summed E-state index contributed by atoms with van der Waals surface area (Å²) in [4.78, 5) is 45.0. The molecule has 0 aliphatic carbocycles. The number of phosphoric ester groups is 1. The molecule has 0 aromatic heterocycles. The molecule has 0 spiro atoms. The molecule has 3 unspecified atom stereocenters. The highest BCUT2D eigenvalue weighted by Gasteiger charge is 2.28. The van der Waals surface area contributed by atoms with E-state index in [0.717, 1.165) is 32.1 Å². The fourth-order valence-corrected chi connectivity index (χ4v) is 6.32. The predicted octanol–water partition coefficient (Wildman–Crippen LogP) is 9.17. The number of hydrogen-bond acceptors (Lipinski definition) is 8. The van der Waals surface area contributed by atoms with Crippen molar-refractivity contribution < 1.29 is 47.8 Å². The number of ether oxygens (including phenoxy) is 1. The van der Waals surface area contributed by atoms with Crippen LogP contribution in [0.4, 0.5) is 0 Å². The van der Waals surface area contributed by atoms with Gasteiger partial charge in [-0.2, -0.15) is 0 Å². The quantitative estimate of drug-likeness (QED) is 0.0276. The normalized spacial score (nSPS) is 13.9. The highest BCUT2D eigenvalue weighted by atomic mass is 31.2. The van der Waals surface area contributed by atoms with E-state index in [4.69, 9.17) is 9.26 Å². The highest BCUT2D eigenvalue weighted by Crippen LogP contribution is 2.43. The summed E-state index contributed by atoms with van der Waals surface area (Å²) in [6.45, 7) is 2.36. The number of phosphoric acid groups is 1. The molecule has 12 heteroatoms. The van der Waals surface area contributed by atoms with Crippen molar-refractivity contribution in [3.63, 3.8) is 0 Å². The predicted molar refractivity (Wildman–Crippen MR) is 194 cm³/mol. The maximum Gasteiger partial charge on any atom is 0.472 e. The van der Waals surface area contributed by atoms with E-state index in [1.807, 2.05) is 6.92 Å². The molecule has 290 valence electrons. The minimum atomic E-state index is -4.72. The number of carbonyl (C=O) groups is 3. The average Bonchev–Trinajstić information content (AvgIpc) is 3.07. The minimum absolute atomic E-state index is 0.134. The Morgan fingerprint density at radius 3 is 1.37 bits per heavy atom. The second-order valence-corrected chi connectivity index (χ2v) is 14.9. The number of aliphatic hydroxyl groups excluding tert-OH is 1. The number of carbonyl (C=O) groups excluding carboxylic acids is 2. The van der Waals surface area contributed by atoms with Crippen molar-refractivity contribution >= 4 is 25.7 Å². The molecule has 0 aliphatic heterocycles. The number of aliphatic hydroxyl groups is 1. The second kappa shape index (κ2) is 33.6. The zero-order valence-electron chi connectivity index (χ0n) is 31.0. The average molecular weight is 722 g/mol. The van der Waals surface area contributed by atoms with Gasteiger partial charge < -0.3 is 25.2 Å². The van der Waals surface area contributed by atoms with Crippen molar-refractivity contribution in [1.82, 2.24) is 5.32 Å². The van der Waals surface area contributed by atoms with E-state index in [1.165, 1.54) is 116 Å². The van der Waals surface area contributed by atoms with E-state index in [9.17, 15) is 34.1 Å². The molecule has 0 rings (SSSR count). The molecule has 11 nitrogen and oxygen atoms in total. The molecule has 0 aromatic carbocycles. The first-order valence-electron chi connectivity index (χ1n) is 19.6. The van der Waals surface area contributed by atoms with E-state index in [1.54, 1.807) is 0 Å².